The fraction of sp³-hybridized carbons (Fsp3) is 0.385. The molecule has 0 bridgehead atoms. The van der Waals surface area contributed by atoms with Crippen LogP contribution in [0.5, 0.6) is 0 Å². The number of ether oxygens (including phenoxy) is 2. The topological polar surface area (TPSA) is 75.2 Å². The van der Waals surface area contributed by atoms with E-state index in [9.17, 15) is 0 Å². The number of nitrogens with zero attached hydrogens (tertiary/aromatic N) is 3. The lowest BCUT2D eigenvalue weighted by Gasteiger charge is -2.23. The quantitative estimate of drug-likeness (QED) is 0.889. The lowest BCUT2D eigenvalue weighted by molar-refractivity contribution is -0.0934. The van der Waals surface area contributed by atoms with E-state index in [1.807, 2.05) is 16.8 Å². The van der Waals surface area contributed by atoms with E-state index in [4.69, 9.17) is 15.2 Å². The van der Waals surface area contributed by atoms with Crippen LogP contribution >= 0.6 is 0 Å². The predicted octanol–water partition coefficient (Wildman–Crippen LogP) is 0.943. The summed E-state index contributed by atoms with van der Waals surface area (Å²) in [6.07, 6.45) is 5.44. The number of imidazole rings is 1. The molecule has 6 nitrogen and oxygen atoms in total. The zero-order chi connectivity index (χ0) is 13.1. The van der Waals surface area contributed by atoms with Crippen molar-refractivity contribution in [2.75, 3.05) is 25.6 Å². The van der Waals surface area contributed by atoms with Crippen molar-refractivity contribution in [1.29, 1.82) is 0 Å². The van der Waals surface area contributed by atoms with Crippen LogP contribution in [-0.4, -0.2) is 40.5 Å². The van der Waals surface area contributed by atoms with Crippen molar-refractivity contribution < 1.29 is 9.47 Å². The highest BCUT2D eigenvalue weighted by molar-refractivity contribution is 5.59. The van der Waals surface area contributed by atoms with E-state index < -0.39 is 0 Å². The molecule has 1 unspecified atom stereocenters. The molecular formula is C13H16N4O2. The summed E-state index contributed by atoms with van der Waals surface area (Å²) < 4.78 is 13.1. The van der Waals surface area contributed by atoms with Crippen molar-refractivity contribution in [3.63, 3.8) is 0 Å². The monoisotopic (exact) mass is 260 g/mol. The summed E-state index contributed by atoms with van der Waals surface area (Å²) in [6, 6.07) is 3.72. The normalized spacial score (nSPS) is 19.5. The molecule has 3 heterocycles. The molecule has 0 saturated carbocycles. The third kappa shape index (κ3) is 2.74. The Balaban J connectivity index is 1.79. The average molecular weight is 260 g/mol. The van der Waals surface area contributed by atoms with Crippen LogP contribution in [0.4, 0.5) is 5.82 Å². The van der Waals surface area contributed by atoms with Gasteiger partial charge in [0, 0.05) is 11.8 Å². The van der Waals surface area contributed by atoms with Crippen molar-refractivity contribution in [3.8, 4) is 11.3 Å². The Labute approximate surface area is 111 Å². The van der Waals surface area contributed by atoms with Crippen LogP contribution in [0.2, 0.25) is 0 Å². The number of hydrogen-bond donors (Lipinski definition) is 1. The van der Waals surface area contributed by atoms with Gasteiger partial charge in [-0.2, -0.15) is 0 Å². The van der Waals surface area contributed by atoms with Gasteiger partial charge in [0.05, 0.1) is 50.7 Å². The first-order valence-corrected chi connectivity index (χ1v) is 6.24. The molecule has 3 rings (SSSR count). The van der Waals surface area contributed by atoms with E-state index >= 15 is 0 Å². The number of rotatable bonds is 3. The van der Waals surface area contributed by atoms with Crippen LogP contribution in [0.25, 0.3) is 11.3 Å². The van der Waals surface area contributed by atoms with Crippen molar-refractivity contribution >= 4 is 5.82 Å². The third-order valence-electron chi connectivity index (χ3n) is 3.08. The number of nitrogens with two attached hydrogens (primary N) is 1. The van der Waals surface area contributed by atoms with Gasteiger partial charge in [0.25, 0.3) is 0 Å². The van der Waals surface area contributed by atoms with Crippen LogP contribution in [0, 0.1) is 0 Å². The van der Waals surface area contributed by atoms with Crippen molar-refractivity contribution in [2.45, 2.75) is 12.6 Å². The van der Waals surface area contributed by atoms with Crippen LogP contribution in [0.3, 0.4) is 0 Å². The first kappa shape index (κ1) is 12.1. The van der Waals surface area contributed by atoms with Gasteiger partial charge in [-0.3, -0.25) is 0 Å². The molecule has 100 valence electrons. The SMILES string of the molecule is Nc1ccc(-c2cncn2CC2COCCO2)cn1. The summed E-state index contributed by atoms with van der Waals surface area (Å²) in [5, 5.41) is 0. The molecule has 0 aromatic carbocycles. The van der Waals surface area contributed by atoms with Crippen LogP contribution < -0.4 is 5.73 Å². The zero-order valence-corrected chi connectivity index (χ0v) is 10.5. The molecule has 0 aliphatic carbocycles. The molecule has 0 radical (unpaired) electrons. The molecule has 1 aliphatic rings. The highest BCUT2D eigenvalue weighted by atomic mass is 16.6. The highest BCUT2D eigenvalue weighted by Gasteiger charge is 2.16. The van der Waals surface area contributed by atoms with Gasteiger partial charge < -0.3 is 19.8 Å². The minimum Gasteiger partial charge on any atom is -0.384 e. The lowest BCUT2D eigenvalue weighted by Crippen LogP contribution is -2.32. The number of aromatic nitrogens is 3. The predicted molar refractivity (Wildman–Crippen MR) is 70.4 cm³/mol. The van der Waals surface area contributed by atoms with Gasteiger partial charge in [-0.15, -0.1) is 0 Å². The average Bonchev–Trinajstić information content (AvgIpc) is 2.89. The Kier molecular flexibility index (Phi) is 3.43. The zero-order valence-electron chi connectivity index (χ0n) is 10.5. The fourth-order valence-corrected chi connectivity index (χ4v) is 2.12. The molecule has 2 N–H and O–H groups in total. The maximum Gasteiger partial charge on any atom is 0.123 e. The molecule has 1 saturated heterocycles. The summed E-state index contributed by atoms with van der Waals surface area (Å²) in [6.45, 7) is 2.67. The Morgan fingerprint density at radius 1 is 1.32 bits per heavy atom. The number of nitrogen functional groups attached to an aromatic ring is 1. The van der Waals surface area contributed by atoms with Gasteiger partial charge in [0.15, 0.2) is 0 Å². The number of hydrogen-bond acceptors (Lipinski definition) is 5. The van der Waals surface area contributed by atoms with Gasteiger partial charge in [0.2, 0.25) is 0 Å². The van der Waals surface area contributed by atoms with Gasteiger partial charge in [-0.05, 0) is 12.1 Å². The van der Waals surface area contributed by atoms with Gasteiger partial charge in [0.1, 0.15) is 5.82 Å². The smallest absolute Gasteiger partial charge is 0.123 e. The molecule has 2 aromatic heterocycles. The lowest BCUT2D eigenvalue weighted by atomic mass is 10.2. The summed E-state index contributed by atoms with van der Waals surface area (Å²) in [7, 11) is 0. The second kappa shape index (κ2) is 5.38. The maximum atomic E-state index is 5.65. The van der Waals surface area contributed by atoms with Gasteiger partial charge in [-0.25, -0.2) is 9.97 Å². The molecular weight excluding hydrogens is 244 g/mol. The largest absolute Gasteiger partial charge is 0.384 e. The minimum atomic E-state index is 0.0726. The molecule has 6 heteroatoms. The van der Waals surface area contributed by atoms with E-state index in [1.165, 1.54) is 0 Å². The van der Waals surface area contributed by atoms with Gasteiger partial charge in [-0.1, -0.05) is 0 Å². The molecule has 2 aromatic rings. The standard InChI is InChI=1S/C13H16N4O2/c14-13-2-1-10(5-16-13)12-6-15-9-17(12)7-11-8-18-3-4-19-11/h1-2,5-6,9,11H,3-4,7-8H2,(H2,14,16). The van der Waals surface area contributed by atoms with Crippen molar-refractivity contribution in [2.24, 2.45) is 0 Å². The Hall–Kier alpha value is -1.92. The van der Waals surface area contributed by atoms with E-state index in [2.05, 4.69) is 9.97 Å². The fourth-order valence-electron chi connectivity index (χ4n) is 2.12. The number of pyridine rings is 1. The summed E-state index contributed by atoms with van der Waals surface area (Å²) >= 11 is 0. The molecule has 1 fully saturated rings. The van der Waals surface area contributed by atoms with Crippen LogP contribution in [0.15, 0.2) is 30.9 Å². The number of anilines is 1. The Morgan fingerprint density at radius 2 is 2.26 bits per heavy atom. The Morgan fingerprint density at radius 3 is 3.00 bits per heavy atom. The van der Waals surface area contributed by atoms with Crippen LogP contribution in [-0.2, 0) is 16.0 Å². The second-order valence-electron chi connectivity index (χ2n) is 4.47. The van der Waals surface area contributed by atoms with Crippen molar-refractivity contribution in [1.82, 2.24) is 14.5 Å². The first-order chi connectivity index (χ1) is 9.33. The molecule has 19 heavy (non-hydrogen) atoms. The van der Waals surface area contributed by atoms with E-state index in [0.717, 1.165) is 17.8 Å². The summed E-state index contributed by atoms with van der Waals surface area (Å²) in [5.41, 5.74) is 7.59. The van der Waals surface area contributed by atoms with E-state index in [0.29, 0.717) is 25.6 Å². The molecule has 1 aliphatic heterocycles. The molecule has 1 atom stereocenters. The summed E-state index contributed by atoms with van der Waals surface area (Å²) in [4.78, 5) is 8.30. The van der Waals surface area contributed by atoms with Crippen LogP contribution in [0.1, 0.15) is 0 Å². The van der Waals surface area contributed by atoms with E-state index in [-0.39, 0.29) is 6.10 Å². The van der Waals surface area contributed by atoms with E-state index in [1.54, 1.807) is 18.6 Å². The maximum absolute atomic E-state index is 5.65. The van der Waals surface area contributed by atoms with Crippen molar-refractivity contribution in [3.05, 3.63) is 30.9 Å². The first-order valence-electron chi connectivity index (χ1n) is 6.24. The molecule has 0 amide bonds. The third-order valence-corrected chi connectivity index (χ3v) is 3.08. The summed E-state index contributed by atoms with van der Waals surface area (Å²) in [5.74, 6) is 0.513. The molecule has 0 spiro atoms. The highest BCUT2D eigenvalue weighted by Crippen LogP contribution is 2.19. The Bertz CT molecular complexity index is 532. The second-order valence-corrected chi connectivity index (χ2v) is 4.47. The minimum absolute atomic E-state index is 0.0726. The van der Waals surface area contributed by atoms with Gasteiger partial charge >= 0.3 is 0 Å².